The summed E-state index contributed by atoms with van der Waals surface area (Å²) in [5.74, 6) is -0.335. The second-order valence-corrected chi connectivity index (χ2v) is 5.63. The van der Waals surface area contributed by atoms with Crippen LogP contribution < -0.4 is 5.32 Å². The first-order chi connectivity index (χ1) is 8.50. The monoisotopic (exact) mass is 275 g/mol. The van der Waals surface area contributed by atoms with E-state index in [1.165, 1.54) is 23.9 Å². The van der Waals surface area contributed by atoms with Gasteiger partial charge in [-0.1, -0.05) is 0 Å². The minimum absolute atomic E-state index is 0.0685. The predicted octanol–water partition coefficient (Wildman–Crippen LogP) is 2.81. The number of likely N-dealkylation sites (N-methyl/N-ethyl adjacent to an activating group) is 1. The maximum Gasteiger partial charge on any atom is 0.139 e. The molecule has 2 nitrogen and oxygen atoms in total. The number of hydrogen-bond donors (Lipinski definition) is 2. The van der Waals surface area contributed by atoms with Crippen LogP contribution in [0.15, 0.2) is 23.1 Å². The van der Waals surface area contributed by atoms with Crippen LogP contribution in [0.4, 0.5) is 8.78 Å². The average molecular weight is 275 g/mol. The van der Waals surface area contributed by atoms with Gasteiger partial charge >= 0.3 is 0 Å². The molecule has 0 amide bonds. The number of hydrogen-bond acceptors (Lipinski definition) is 3. The Balaban J connectivity index is 2.38. The quantitative estimate of drug-likeness (QED) is 0.593. The van der Waals surface area contributed by atoms with Gasteiger partial charge in [0.2, 0.25) is 0 Å². The minimum atomic E-state index is -0.556. The number of halogens is 2. The van der Waals surface area contributed by atoms with Gasteiger partial charge in [-0.25, -0.2) is 8.78 Å². The number of rotatable bonds is 7. The zero-order chi connectivity index (χ0) is 13.6. The Bertz CT molecular complexity index is 383. The lowest BCUT2D eigenvalue weighted by Crippen LogP contribution is -2.43. The first-order valence-corrected chi connectivity index (χ1v) is 6.87. The summed E-state index contributed by atoms with van der Waals surface area (Å²) in [6, 6.07) is 3.61. The Kier molecular flexibility index (Phi) is 6.05. The SMILES string of the molecule is CNC(C)(CO)CCCSc1ccc(F)cc1F. The highest BCUT2D eigenvalue weighted by Crippen LogP contribution is 2.24. The van der Waals surface area contributed by atoms with E-state index in [1.54, 1.807) is 0 Å². The highest BCUT2D eigenvalue weighted by Gasteiger charge is 2.19. The highest BCUT2D eigenvalue weighted by molar-refractivity contribution is 7.99. The molecule has 0 aliphatic carbocycles. The van der Waals surface area contributed by atoms with Crippen LogP contribution in [0.3, 0.4) is 0 Å². The van der Waals surface area contributed by atoms with Gasteiger partial charge in [0.25, 0.3) is 0 Å². The van der Waals surface area contributed by atoms with E-state index in [2.05, 4.69) is 5.32 Å². The molecular weight excluding hydrogens is 256 g/mol. The average Bonchev–Trinajstić information content (AvgIpc) is 2.36. The lowest BCUT2D eigenvalue weighted by atomic mass is 9.98. The van der Waals surface area contributed by atoms with Crippen molar-refractivity contribution in [2.75, 3.05) is 19.4 Å². The largest absolute Gasteiger partial charge is 0.394 e. The van der Waals surface area contributed by atoms with Crippen LogP contribution in [0, 0.1) is 11.6 Å². The molecule has 2 N–H and O–H groups in total. The van der Waals surface area contributed by atoms with Gasteiger partial charge in [0, 0.05) is 16.5 Å². The third kappa shape index (κ3) is 4.55. The first-order valence-electron chi connectivity index (χ1n) is 5.88. The summed E-state index contributed by atoms with van der Waals surface area (Å²) in [5, 5.41) is 12.3. The van der Waals surface area contributed by atoms with E-state index >= 15 is 0 Å². The number of nitrogens with one attached hydrogen (secondary N) is 1. The van der Waals surface area contributed by atoms with Crippen LogP contribution in [-0.4, -0.2) is 30.1 Å². The van der Waals surface area contributed by atoms with Gasteiger partial charge in [-0.05, 0) is 44.7 Å². The maximum atomic E-state index is 13.3. The standard InChI is InChI=1S/C13H19F2NOS/c1-13(9-17,16-2)6-3-7-18-12-5-4-10(14)8-11(12)15/h4-5,8,16-17H,3,6-7,9H2,1-2H3. The summed E-state index contributed by atoms with van der Waals surface area (Å²) < 4.78 is 26.0. The molecule has 5 heteroatoms. The molecule has 0 saturated heterocycles. The fourth-order valence-electron chi connectivity index (χ4n) is 1.52. The number of aliphatic hydroxyl groups excluding tert-OH is 1. The van der Waals surface area contributed by atoms with Crippen molar-refractivity contribution in [3.05, 3.63) is 29.8 Å². The third-order valence-electron chi connectivity index (χ3n) is 2.98. The Labute approximate surface area is 111 Å². The third-order valence-corrected chi connectivity index (χ3v) is 4.11. The number of aliphatic hydroxyl groups is 1. The van der Waals surface area contributed by atoms with Gasteiger partial charge < -0.3 is 10.4 Å². The lowest BCUT2D eigenvalue weighted by molar-refractivity contribution is 0.173. The van der Waals surface area contributed by atoms with E-state index in [0.717, 1.165) is 24.7 Å². The number of benzene rings is 1. The molecule has 102 valence electrons. The minimum Gasteiger partial charge on any atom is -0.394 e. The molecule has 18 heavy (non-hydrogen) atoms. The zero-order valence-electron chi connectivity index (χ0n) is 10.7. The molecule has 0 bridgehead atoms. The summed E-state index contributed by atoms with van der Waals surface area (Å²) in [5.41, 5.74) is -0.290. The normalized spacial score (nSPS) is 14.5. The molecule has 1 atom stereocenters. The summed E-state index contributed by atoms with van der Waals surface area (Å²) in [6.45, 7) is 2.01. The summed E-state index contributed by atoms with van der Waals surface area (Å²) >= 11 is 1.37. The van der Waals surface area contributed by atoms with Crippen molar-refractivity contribution >= 4 is 11.8 Å². The molecular formula is C13H19F2NOS. The van der Waals surface area contributed by atoms with Gasteiger partial charge in [0.15, 0.2) is 0 Å². The van der Waals surface area contributed by atoms with Gasteiger partial charge in [-0.2, -0.15) is 0 Å². The van der Waals surface area contributed by atoms with E-state index in [1.807, 2.05) is 14.0 Å². The van der Waals surface area contributed by atoms with Gasteiger partial charge in [-0.3, -0.25) is 0 Å². The molecule has 0 fully saturated rings. The molecule has 0 heterocycles. The fourth-order valence-corrected chi connectivity index (χ4v) is 2.39. The van der Waals surface area contributed by atoms with Gasteiger partial charge in [0.1, 0.15) is 11.6 Å². The van der Waals surface area contributed by atoms with Crippen LogP contribution in [0.2, 0.25) is 0 Å². The molecule has 0 radical (unpaired) electrons. The molecule has 0 saturated carbocycles. The van der Waals surface area contributed by atoms with Gasteiger partial charge in [-0.15, -0.1) is 11.8 Å². The van der Waals surface area contributed by atoms with Crippen LogP contribution in [0.5, 0.6) is 0 Å². The molecule has 1 aromatic rings. The summed E-state index contributed by atoms with van der Waals surface area (Å²) in [7, 11) is 1.81. The van der Waals surface area contributed by atoms with E-state index in [4.69, 9.17) is 0 Å². The summed E-state index contributed by atoms with van der Waals surface area (Å²) in [4.78, 5) is 0.464. The van der Waals surface area contributed by atoms with Crippen LogP contribution in [-0.2, 0) is 0 Å². The van der Waals surface area contributed by atoms with Crippen molar-refractivity contribution in [1.82, 2.24) is 5.32 Å². The van der Waals surface area contributed by atoms with Crippen molar-refractivity contribution in [3.63, 3.8) is 0 Å². The first kappa shape index (κ1) is 15.4. The molecule has 0 aliphatic heterocycles. The second kappa shape index (κ2) is 7.07. The Morgan fingerprint density at radius 2 is 2.11 bits per heavy atom. The van der Waals surface area contributed by atoms with E-state index in [0.29, 0.717) is 4.90 Å². The van der Waals surface area contributed by atoms with Crippen molar-refractivity contribution in [1.29, 1.82) is 0 Å². The zero-order valence-corrected chi connectivity index (χ0v) is 11.5. The molecule has 0 aliphatic rings. The van der Waals surface area contributed by atoms with E-state index < -0.39 is 11.6 Å². The smallest absolute Gasteiger partial charge is 0.139 e. The lowest BCUT2D eigenvalue weighted by Gasteiger charge is -2.26. The van der Waals surface area contributed by atoms with Crippen molar-refractivity contribution in [2.45, 2.75) is 30.2 Å². The molecule has 1 rings (SSSR count). The maximum absolute atomic E-state index is 13.3. The van der Waals surface area contributed by atoms with Crippen LogP contribution in [0.25, 0.3) is 0 Å². The Hall–Kier alpha value is -0.650. The Morgan fingerprint density at radius 3 is 2.67 bits per heavy atom. The Morgan fingerprint density at radius 1 is 1.39 bits per heavy atom. The van der Waals surface area contributed by atoms with E-state index in [9.17, 15) is 13.9 Å². The molecule has 1 unspecified atom stereocenters. The highest BCUT2D eigenvalue weighted by atomic mass is 32.2. The fraction of sp³-hybridized carbons (Fsp3) is 0.538. The predicted molar refractivity (Wildman–Crippen MR) is 70.9 cm³/mol. The molecule has 0 aromatic heterocycles. The molecule has 1 aromatic carbocycles. The summed E-state index contributed by atoms with van der Waals surface area (Å²) in [6.07, 6.45) is 1.65. The van der Waals surface area contributed by atoms with E-state index in [-0.39, 0.29) is 12.1 Å². The van der Waals surface area contributed by atoms with Crippen LogP contribution in [0.1, 0.15) is 19.8 Å². The molecule has 0 spiro atoms. The van der Waals surface area contributed by atoms with Crippen molar-refractivity contribution in [3.8, 4) is 0 Å². The van der Waals surface area contributed by atoms with Crippen LogP contribution >= 0.6 is 11.8 Å². The van der Waals surface area contributed by atoms with Crippen molar-refractivity contribution < 1.29 is 13.9 Å². The van der Waals surface area contributed by atoms with Crippen molar-refractivity contribution in [2.24, 2.45) is 0 Å². The number of thioether (sulfide) groups is 1. The second-order valence-electron chi connectivity index (χ2n) is 4.50. The topological polar surface area (TPSA) is 32.3 Å². The van der Waals surface area contributed by atoms with Gasteiger partial charge in [0.05, 0.1) is 6.61 Å².